The molecule has 0 N–H and O–H groups in total. The van der Waals surface area contributed by atoms with Gasteiger partial charge in [0, 0.05) is 22.9 Å². The number of nitrogens with zero attached hydrogens (tertiary/aromatic N) is 6. The van der Waals surface area contributed by atoms with E-state index in [2.05, 4.69) is 20.1 Å². The van der Waals surface area contributed by atoms with Crippen LogP contribution in [0.4, 0.5) is 0 Å². The van der Waals surface area contributed by atoms with E-state index in [0.29, 0.717) is 37.1 Å². The van der Waals surface area contributed by atoms with Gasteiger partial charge in [0.05, 0.1) is 12.2 Å². The smallest absolute Gasteiger partial charge is 0.0844 e. The molecule has 4 atom stereocenters. The number of hydrogen-bond donors (Lipinski definition) is 0. The monoisotopic (exact) mass is 208 g/mol. The maximum absolute atomic E-state index is 8.28. The van der Waals surface area contributed by atoms with E-state index in [4.69, 9.17) is 15.8 Å². The summed E-state index contributed by atoms with van der Waals surface area (Å²) in [4.78, 5) is 5.53. The van der Waals surface area contributed by atoms with Gasteiger partial charge < -0.3 is 4.74 Å². The van der Waals surface area contributed by atoms with Gasteiger partial charge in [0.15, 0.2) is 0 Å². The number of fused-ring (bicyclic) bond motifs is 1. The van der Waals surface area contributed by atoms with Crippen molar-refractivity contribution in [2.75, 3.05) is 13.1 Å². The fraction of sp³-hybridized carbons (Fsp3) is 1.00. The van der Waals surface area contributed by atoms with Crippen LogP contribution in [-0.2, 0) is 4.74 Å². The van der Waals surface area contributed by atoms with Crippen molar-refractivity contribution in [3.63, 3.8) is 0 Å². The average Bonchev–Trinajstić information content (AvgIpc) is 3.00. The molecule has 0 aromatic heterocycles. The van der Waals surface area contributed by atoms with Gasteiger partial charge in [0.2, 0.25) is 0 Å². The standard InChI is InChI=1S/C8H12N6O/c9-13-11-3-5-1-7-8(15-7)2-6(5)4-12-14-10/h5-8H,1-4H2/t5-,6-,7-,8+/m0/s1. The van der Waals surface area contributed by atoms with Crippen molar-refractivity contribution >= 4 is 0 Å². The summed E-state index contributed by atoms with van der Waals surface area (Å²) in [5.74, 6) is 0.602. The zero-order valence-corrected chi connectivity index (χ0v) is 8.23. The normalized spacial score (nSPS) is 37.1. The molecular formula is C8H12N6O. The molecule has 7 nitrogen and oxygen atoms in total. The summed E-state index contributed by atoms with van der Waals surface area (Å²) in [6, 6.07) is 0. The molecule has 0 aromatic carbocycles. The lowest BCUT2D eigenvalue weighted by Gasteiger charge is -2.26. The maximum atomic E-state index is 8.28. The van der Waals surface area contributed by atoms with Gasteiger partial charge in [0.25, 0.3) is 0 Å². The highest BCUT2D eigenvalue weighted by molar-refractivity contribution is 4.97. The molecule has 0 amide bonds. The molecule has 1 saturated heterocycles. The van der Waals surface area contributed by atoms with Crippen molar-refractivity contribution < 1.29 is 4.74 Å². The Bertz CT molecular complexity index is 300. The predicted molar refractivity (Wildman–Crippen MR) is 52.9 cm³/mol. The molecule has 0 radical (unpaired) electrons. The van der Waals surface area contributed by atoms with Gasteiger partial charge in [-0.1, -0.05) is 10.2 Å². The molecule has 1 heterocycles. The molecule has 1 saturated carbocycles. The molecule has 0 unspecified atom stereocenters. The van der Waals surface area contributed by atoms with Gasteiger partial charge >= 0.3 is 0 Å². The summed E-state index contributed by atoms with van der Waals surface area (Å²) in [6.07, 6.45) is 2.56. The zero-order chi connectivity index (χ0) is 10.7. The number of ether oxygens (including phenoxy) is 1. The van der Waals surface area contributed by atoms with Crippen molar-refractivity contribution in [1.29, 1.82) is 0 Å². The number of azide groups is 2. The van der Waals surface area contributed by atoms with E-state index in [9.17, 15) is 0 Å². The predicted octanol–water partition coefficient (Wildman–Crippen LogP) is 2.40. The average molecular weight is 208 g/mol. The first-order valence-corrected chi connectivity index (χ1v) is 5.02. The fourth-order valence-electron chi connectivity index (χ4n) is 2.31. The van der Waals surface area contributed by atoms with Crippen LogP contribution in [-0.4, -0.2) is 25.3 Å². The zero-order valence-electron chi connectivity index (χ0n) is 8.23. The third-order valence-corrected chi connectivity index (χ3v) is 3.18. The Morgan fingerprint density at radius 1 is 1.00 bits per heavy atom. The summed E-state index contributed by atoms with van der Waals surface area (Å²) in [5, 5.41) is 7.19. The first kappa shape index (κ1) is 10.1. The molecule has 1 aliphatic carbocycles. The highest BCUT2D eigenvalue weighted by Gasteiger charge is 2.47. The van der Waals surface area contributed by atoms with Crippen LogP contribution in [0, 0.1) is 11.8 Å². The lowest BCUT2D eigenvalue weighted by atomic mass is 9.79. The summed E-state index contributed by atoms with van der Waals surface area (Å²) < 4.78 is 5.43. The molecule has 0 bridgehead atoms. The van der Waals surface area contributed by atoms with Crippen molar-refractivity contribution in [2.24, 2.45) is 22.1 Å². The molecule has 7 heteroatoms. The van der Waals surface area contributed by atoms with Crippen molar-refractivity contribution in [1.82, 2.24) is 0 Å². The minimum Gasteiger partial charge on any atom is -0.370 e. The quantitative estimate of drug-likeness (QED) is 0.300. The van der Waals surface area contributed by atoms with Gasteiger partial charge in [-0.3, -0.25) is 0 Å². The van der Waals surface area contributed by atoms with Crippen molar-refractivity contribution in [3.8, 4) is 0 Å². The van der Waals surface area contributed by atoms with Gasteiger partial charge in [0.1, 0.15) is 0 Å². The Labute approximate surface area is 86.7 Å². The van der Waals surface area contributed by atoms with Crippen LogP contribution in [0.3, 0.4) is 0 Å². The van der Waals surface area contributed by atoms with Crippen LogP contribution in [0.5, 0.6) is 0 Å². The van der Waals surface area contributed by atoms with E-state index in [0.717, 1.165) is 12.8 Å². The second kappa shape index (κ2) is 4.40. The summed E-state index contributed by atoms with van der Waals surface area (Å²) in [5.41, 5.74) is 16.6. The van der Waals surface area contributed by atoms with Gasteiger partial charge in [-0.15, -0.1) is 0 Å². The fourth-order valence-corrected chi connectivity index (χ4v) is 2.31. The van der Waals surface area contributed by atoms with Gasteiger partial charge in [-0.25, -0.2) is 0 Å². The molecule has 15 heavy (non-hydrogen) atoms. The third-order valence-electron chi connectivity index (χ3n) is 3.18. The molecule has 2 aliphatic rings. The Morgan fingerprint density at radius 3 is 1.87 bits per heavy atom. The van der Waals surface area contributed by atoms with Crippen LogP contribution in [0.2, 0.25) is 0 Å². The number of rotatable bonds is 4. The van der Waals surface area contributed by atoms with Crippen LogP contribution < -0.4 is 0 Å². The van der Waals surface area contributed by atoms with E-state index < -0.39 is 0 Å². The molecule has 2 rings (SSSR count). The summed E-state index contributed by atoms with van der Waals surface area (Å²) in [6.45, 7) is 0.962. The first-order valence-electron chi connectivity index (χ1n) is 5.02. The SMILES string of the molecule is [N-]=[N+]=NC[C@@H]1C[C@@H]2O[C@@H]2C[C@H]1CN=[N+]=[N-]. The van der Waals surface area contributed by atoms with E-state index in [-0.39, 0.29) is 0 Å². The number of hydrogen-bond acceptors (Lipinski definition) is 3. The highest BCUT2D eigenvalue weighted by atomic mass is 16.6. The second-order valence-electron chi connectivity index (χ2n) is 4.03. The van der Waals surface area contributed by atoms with E-state index in [1.165, 1.54) is 0 Å². The number of epoxide rings is 1. The van der Waals surface area contributed by atoms with Crippen LogP contribution in [0.1, 0.15) is 12.8 Å². The lowest BCUT2D eigenvalue weighted by molar-refractivity contribution is 0.277. The molecular weight excluding hydrogens is 196 g/mol. The Hall–Kier alpha value is -1.42. The minimum absolute atomic E-state index is 0.301. The lowest BCUT2D eigenvalue weighted by Crippen LogP contribution is -2.28. The third kappa shape index (κ3) is 2.33. The van der Waals surface area contributed by atoms with Crippen molar-refractivity contribution in [2.45, 2.75) is 25.0 Å². The van der Waals surface area contributed by atoms with Gasteiger partial charge in [-0.2, -0.15) is 0 Å². The van der Waals surface area contributed by atoms with Crippen LogP contribution >= 0.6 is 0 Å². The molecule has 80 valence electrons. The highest BCUT2D eigenvalue weighted by Crippen LogP contribution is 2.43. The topological polar surface area (TPSA) is 110 Å². The largest absolute Gasteiger partial charge is 0.370 e. The van der Waals surface area contributed by atoms with E-state index in [1.807, 2.05) is 0 Å². The second-order valence-corrected chi connectivity index (χ2v) is 4.03. The summed E-state index contributed by atoms with van der Waals surface area (Å²) in [7, 11) is 0. The maximum Gasteiger partial charge on any atom is 0.0844 e. The van der Waals surface area contributed by atoms with E-state index >= 15 is 0 Å². The Morgan fingerprint density at radius 2 is 1.47 bits per heavy atom. The van der Waals surface area contributed by atoms with Crippen LogP contribution in [0.15, 0.2) is 10.2 Å². The van der Waals surface area contributed by atoms with Crippen LogP contribution in [0.25, 0.3) is 20.9 Å². The minimum atomic E-state index is 0.301. The first-order chi connectivity index (χ1) is 7.35. The molecule has 0 aromatic rings. The van der Waals surface area contributed by atoms with Gasteiger partial charge in [-0.05, 0) is 35.7 Å². The summed E-state index contributed by atoms with van der Waals surface area (Å²) >= 11 is 0. The molecule has 2 fully saturated rings. The van der Waals surface area contributed by atoms with E-state index in [1.54, 1.807) is 0 Å². The van der Waals surface area contributed by atoms with Crippen molar-refractivity contribution in [3.05, 3.63) is 20.9 Å². The Kier molecular flexibility index (Phi) is 2.97. The Balaban J connectivity index is 1.95. The molecule has 0 spiro atoms. The molecule has 1 aliphatic heterocycles.